The van der Waals surface area contributed by atoms with Crippen LogP contribution in [0.1, 0.15) is 70.2 Å². The van der Waals surface area contributed by atoms with E-state index in [1.807, 2.05) is 60.7 Å². The molecule has 0 heterocycles. The molecular weight excluding hydrogens is 701 g/mol. The molecule has 1 aliphatic carbocycles. The molecule has 0 spiro atoms. The van der Waals surface area contributed by atoms with Gasteiger partial charge in [-0.3, -0.25) is 6.08 Å². The maximum absolute atomic E-state index is 5.86. The van der Waals surface area contributed by atoms with Crippen molar-refractivity contribution in [3.05, 3.63) is 148 Å². The van der Waals surface area contributed by atoms with Gasteiger partial charge in [0.1, 0.15) is 0 Å². The first-order valence-corrected chi connectivity index (χ1v) is 16.3. The number of halogens is 4. The monoisotopic (exact) mass is 738 g/mol. The smallest absolute Gasteiger partial charge is 0.109 e. The van der Waals surface area contributed by atoms with E-state index in [2.05, 4.69) is 96.2 Å². The molecule has 0 fully saturated rings. The maximum Gasteiger partial charge on any atom is -0.109 e. The Labute approximate surface area is 301 Å². The molecule has 0 nitrogen and oxygen atoms in total. The van der Waals surface area contributed by atoms with E-state index in [0.717, 1.165) is 16.5 Å². The van der Waals surface area contributed by atoms with Gasteiger partial charge in [0.05, 0.1) is 0 Å². The molecule has 0 unspecified atom stereocenters. The summed E-state index contributed by atoms with van der Waals surface area (Å²) in [5.41, 5.74) is 5.64. The zero-order chi connectivity index (χ0) is 30.5. The van der Waals surface area contributed by atoms with Gasteiger partial charge in [0.15, 0.2) is 0 Å². The quantitative estimate of drug-likeness (QED) is 0.158. The third-order valence-corrected chi connectivity index (χ3v) is 9.21. The first-order chi connectivity index (χ1) is 19.8. The van der Waals surface area contributed by atoms with Gasteiger partial charge in [0.2, 0.25) is 0 Å². The van der Waals surface area contributed by atoms with Crippen molar-refractivity contribution < 1.29 is 24.2 Å². The molecule has 0 saturated carbocycles. The molecule has 0 bridgehead atoms. The van der Waals surface area contributed by atoms with Gasteiger partial charge < -0.3 is 0 Å². The van der Waals surface area contributed by atoms with Crippen molar-refractivity contribution in [2.45, 2.75) is 58.8 Å². The van der Waals surface area contributed by atoms with Gasteiger partial charge in [-0.2, -0.15) is 6.08 Å². The molecule has 0 N–H and O–H groups in total. The predicted molar refractivity (Wildman–Crippen MR) is 197 cm³/mol. The average Bonchev–Trinajstić information content (AvgIpc) is 3.64. The van der Waals surface area contributed by atoms with Crippen LogP contribution < -0.4 is 0 Å². The van der Waals surface area contributed by atoms with E-state index in [-0.39, 0.29) is 35.6 Å². The van der Waals surface area contributed by atoms with Gasteiger partial charge in [-0.25, -0.2) is 12.2 Å². The molecule has 228 valence electrons. The Morgan fingerprint density at radius 1 is 0.659 bits per heavy atom. The number of rotatable bonds is 2. The third kappa shape index (κ3) is 10.3. The number of hydrogen-bond acceptors (Lipinski definition) is 0. The molecule has 0 saturated heterocycles. The summed E-state index contributed by atoms with van der Waals surface area (Å²) in [7, 11) is 0. The van der Waals surface area contributed by atoms with Crippen LogP contribution in [0.2, 0.25) is 10.0 Å². The summed E-state index contributed by atoms with van der Waals surface area (Å²) in [6.45, 7) is 13.6. The minimum Gasteiger partial charge on any atom is -0.273 e. The molecular formula is C39H40Cl4Zr. The van der Waals surface area contributed by atoms with E-state index in [1.165, 1.54) is 71.2 Å². The summed E-state index contributed by atoms with van der Waals surface area (Å²) in [6.07, 6.45) is 10.0. The maximum atomic E-state index is 5.86. The second-order valence-corrected chi connectivity index (χ2v) is 14.7. The fourth-order valence-electron chi connectivity index (χ4n) is 4.70. The van der Waals surface area contributed by atoms with Crippen molar-refractivity contribution in [3.63, 3.8) is 0 Å². The Balaban J connectivity index is 0.000000260. The Kier molecular flexibility index (Phi) is 14.5. The summed E-state index contributed by atoms with van der Waals surface area (Å²) in [5.74, 6) is 0. The molecule has 44 heavy (non-hydrogen) atoms. The van der Waals surface area contributed by atoms with Crippen LogP contribution in [0.25, 0.3) is 21.5 Å². The zero-order valence-electron chi connectivity index (χ0n) is 26.2. The van der Waals surface area contributed by atoms with Crippen LogP contribution in [-0.2, 0) is 35.1 Å². The van der Waals surface area contributed by atoms with Gasteiger partial charge in [-0.15, -0.1) is 71.0 Å². The molecule has 5 aromatic carbocycles. The number of allylic oxidation sites excluding steroid dienone is 4. The summed E-state index contributed by atoms with van der Waals surface area (Å²) >= 11 is 13.1. The van der Waals surface area contributed by atoms with Crippen LogP contribution in [-0.4, -0.2) is 3.21 Å². The number of hydrogen-bond donors (Lipinski definition) is 0. The molecule has 5 heteroatoms. The number of fused-ring (bicyclic) bond motifs is 3. The molecule has 0 amide bonds. The fourth-order valence-corrected chi connectivity index (χ4v) is 5.77. The average molecular weight is 742 g/mol. The third-order valence-electron chi connectivity index (χ3n) is 7.29. The second kappa shape index (κ2) is 16.6. The second-order valence-electron chi connectivity index (χ2n) is 12.6. The molecule has 0 radical (unpaired) electrons. The summed E-state index contributed by atoms with van der Waals surface area (Å²) in [4.78, 5) is 0. The minimum atomic E-state index is 0. The van der Waals surface area contributed by atoms with Crippen LogP contribution in [0.15, 0.2) is 109 Å². The van der Waals surface area contributed by atoms with Crippen LogP contribution >= 0.6 is 48.0 Å². The molecule has 0 atom stereocenters. The van der Waals surface area contributed by atoms with Crippen molar-refractivity contribution in [3.8, 4) is 0 Å². The van der Waals surface area contributed by atoms with E-state index >= 15 is 0 Å². The molecule has 1 aliphatic rings. The van der Waals surface area contributed by atoms with Crippen LogP contribution in [0.4, 0.5) is 0 Å². The van der Waals surface area contributed by atoms with E-state index in [9.17, 15) is 0 Å². The molecule has 0 aliphatic heterocycles. The fraction of sp³-hybridized carbons (Fsp3) is 0.231. The van der Waals surface area contributed by atoms with Crippen molar-refractivity contribution in [2.75, 3.05) is 0 Å². The minimum absolute atomic E-state index is 0. The molecule has 0 aromatic heterocycles. The Bertz CT molecular complexity index is 1600. The summed E-state index contributed by atoms with van der Waals surface area (Å²) in [5, 5.41) is 7.01. The topological polar surface area (TPSA) is 0 Å². The summed E-state index contributed by atoms with van der Waals surface area (Å²) in [6, 6.07) is 32.0. The van der Waals surface area contributed by atoms with Crippen molar-refractivity contribution in [1.82, 2.24) is 0 Å². The van der Waals surface area contributed by atoms with Crippen LogP contribution in [0, 0.1) is 6.08 Å². The van der Waals surface area contributed by atoms with E-state index in [4.69, 9.17) is 23.2 Å². The Hall–Kier alpha value is -1.86. The molecule has 6 rings (SSSR count). The van der Waals surface area contributed by atoms with Crippen LogP contribution in [0.5, 0.6) is 0 Å². The van der Waals surface area contributed by atoms with Gasteiger partial charge in [0, 0.05) is 0 Å². The largest absolute Gasteiger partial charge is 0.273 e. The predicted octanol–water partition coefficient (Wildman–Crippen LogP) is 12.6. The van der Waals surface area contributed by atoms with E-state index in [0.29, 0.717) is 0 Å². The van der Waals surface area contributed by atoms with Crippen molar-refractivity contribution >= 4 is 72.8 Å². The Morgan fingerprint density at radius 3 is 1.36 bits per heavy atom. The standard InChI is InChI=1S/C21H25.C13H8Cl2.C5H5.2ClH.Zr/c1-20(2,3)16-7-9-18-14(12-16)11-15-13-17(21(4,5)6)8-10-19(15)18;14-12-5-1-10(2-6-12)9-11-3-7-13(15)8-4-11;1-2-4-5-3-1;;;/h7-13H,1-6H3;1-8H;1-3H,4H2;2*1H;/q-1;;-1;;;+2. The molecule has 5 aromatic rings. The van der Waals surface area contributed by atoms with Crippen molar-refractivity contribution in [1.29, 1.82) is 0 Å². The van der Waals surface area contributed by atoms with E-state index < -0.39 is 0 Å². The van der Waals surface area contributed by atoms with Gasteiger partial charge in [-0.1, -0.05) is 76.9 Å². The van der Waals surface area contributed by atoms with E-state index in [1.54, 1.807) is 0 Å². The Morgan fingerprint density at radius 2 is 1.07 bits per heavy atom. The number of benzene rings is 4. The van der Waals surface area contributed by atoms with Crippen LogP contribution in [0.3, 0.4) is 0 Å². The normalized spacial score (nSPS) is 12.0. The zero-order valence-corrected chi connectivity index (χ0v) is 31.8. The van der Waals surface area contributed by atoms with Gasteiger partial charge >= 0.3 is 120 Å². The SMILES string of the molecule is CC(C)(C)c1ccc2c(c1)[cH-]c1cc(C(C)(C)C)ccc12.Cl.Cl.Clc1ccc([C](=[Zr+2])c2ccc(Cl)cc2)cc1.[C-]1=CC=CC1. The van der Waals surface area contributed by atoms with Gasteiger partial charge in [-0.05, 0) is 10.8 Å². The van der Waals surface area contributed by atoms with Gasteiger partial charge in [0.25, 0.3) is 0 Å². The van der Waals surface area contributed by atoms with Crippen molar-refractivity contribution in [2.24, 2.45) is 0 Å². The first kappa shape index (κ1) is 38.3. The first-order valence-electron chi connectivity index (χ1n) is 14.3. The summed E-state index contributed by atoms with van der Waals surface area (Å²) < 4.78 is 1.31.